The molecule has 13 heteroatoms. The maximum absolute atomic E-state index is 13.6. The molecule has 41 heavy (non-hydrogen) atoms. The van der Waals surface area contributed by atoms with Gasteiger partial charge in [0.25, 0.3) is 0 Å². The van der Waals surface area contributed by atoms with Gasteiger partial charge < -0.3 is 38.1 Å². The molecule has 0 radical (unpaired) electrons. The van der Waals surface area contributed by atoms with E-state index >= 15 is 0 Å². The molecule has 232 valence electrons. The molecular weight excluding hydrogens is 528 g/mol. The third-order valence-corrected chi connectivity index (χ3v) is 7.88. The summed E-state index contributed by atoms with van der Waals surface area (Å²) < 4.78 is 0. The van der Waals surface area contributed by atoms with Crippen LogP contribution in [0, 0.1) is 11.8 Å². The fourth-order valence-corrected chi connectivity index (χ4v) is 5.18. The van der Waals surface area contributed by atoms with E-state index < -0.39 is 41.4 Å². The van der Waals surface area contributed by atoms with Gasteiger partial charge in [0.05, 0.1) is 0 Å². The monoisotopic (exact) mass is 578 g/mol. The van der Waals surface area contributed by atoms with Crippen molar-refractivity contribution < 1.29 is 24.0 Å². The number of nitrogens with one attached hydrogen (secondary N) is 5. The Bertz CT molecular complexity index is 961. The Morgan fingerprint density at radius 3 is 2.22 bits per heavy atom. The zero-order valence-electron chi connectivity index (χ0n) is 25.0. The van der Waals surface area contributed by atoms with Crippen molar-refractivity contribution in [1.29, 1.82) is 0 Å². The van der Waals surface area contributed by atoms with Crippen LogP contribution in [-0.2, 0) is 24.0 Å². The fourth-order valence-electron chi connectivity index (χ4n) is 5.18. The van der Waals surface area contributed by atoms with Gasteiger partial charge in [0.1, 0.15) is 23.7 Å². The van der Waals surface area contributed by atoms with E-state index in [2.05, 4.69) is 31.6 Å². The quantitative estimate of drug-likeness (QED) is 0.112. The van der Waals surface area contributed by atoms with Gasteiger partial charge in [-0.1, -0.05) is 52.9 Å². The fraction of sp³-hybridized carbons (Fsp3) is 0.786. The first-order valence-electron chi connectivity index (χ1n) is 14.9. The van der Waals surface area contributed by atoms with E-state index in [9.17, 15) is 24.0 Å². The number of hydrogen-bond donors (Lipinski definition) is 7. The van der Waals surface area contributed by atoms with Gasteiger partial charge in [0.15, 0.2) is 5.96 Å². The topological polar surface area (TPSA) is 210 Å². The molecular formula is C28H50N8O5. The number of aliphatic imine (C=N–C) groups is 1. The number of rotatable bonds is 9. The number of nitrogens with two attached hydrogens (primary N) is 2. The van der Waals surface area contributed by atoms with Crippen LogP contribution in [0.2, 0.25) is 0 Å². The van der Waals surface area contributed by atoms with Crippen LogP contribution in [0.4, 0.5) is 0 Å². The molecule has 0 aromatic carbocycles. The molecule has 1 aliphatic carbocycles. The van der Waals surface area contributed by atoms with E-state index in [4.69, 9.17) is 11.5 Å². The molecule has 0 unspecified atom stereocenters. The smallest absolute Gasteiger partial charge is 0.246 e. The minimum atomic E-state index is -1.41. The predicted molar refractivity (Wildman–Crippen MR) is 156 cm³/mol. The SMILES string of the molecule is CC[C@@H]1NC(=O)[C@H](CCCN=C(N)N)NC(=O)[C@](C)(NC(=O)C(C)C)CCNC(=O)[C@@H](CC2CCCCC2)NC1=O. The van der Waals surface area contributed by atoms with Crippen molar-refractivity contribution in [2.45, 2.75) is 116 Å². The van der Waals surface area contributed by atoms with Gasteiger partial charge >= 0.3 is 0 Å². The Morgan fingerprint density at radius 2 is 1.61 bits per heavy atom. The summed E-state index contributed by atoms with van der Waals surface area (Å²) in [6, 6.07) is -2.69. The van der Waals surface area contributed by atoms with Crippen molar-refractivity contribution in [2.75, 3.05) is 13.1 Å². The zero-order chi connectivity index (χ0) is 30.6. The zero-order valence-corrected chi connectivity index (χ0v) is 25.0. The van der Waals surface area contributed by atoms with Crippen molar-refractivity contribution in [1.82, 2.24) is 26.6 Å². The van der Waals surface area contributed by atoms with Crippen LogP contribution < -0.4 is 38.1 Å². The van der Waals surface area contributed by atoms with Gasteiger partial charge in [0, 0.05) is 19.0 Å². The molecule has 13 nitrogen and oxygen atoms in total. The summed E-state index contributed by atoms with van der Waals surface area (Å²) in [5.74, 6) is -2.42. The molecule has 1 aliphatic heterocycles. The van der Waals surface area contributed by atoms with Crippen molar-refractivity contribution in [3.05, 3.63) is 0 Å². The van der Waals surface area contributed by atoms with E-state index in [-0.39, 0.29) is 56.0 Å². The highest BCUT2D eigenvalue weighted by Crippen LogP contribution is 2.27. The Morgan fingerprint density at radius 1 is 0.976 bits per heavy atom. The number of nitrogens with zero attached hydrogens (tertiary/aromatic N) is 1. The Balaban J connectivity index is 2.37. The summed E-state index contributed by atoms with van der Waals surface area (Å²) in [5.41, 5.74) is 9.40. The van der Waals surface area contributed by atoms with Gasteiger partial charge in [-0.05, 0) is 44.9 Å². The van der Waals surface area contributed by atoms with E-state index in [0.717, 1.165) is 25.7 Å². The van der Waals surface area contributed by atoms with Crippen LogP contribution >= 0.6 is 0 Å². The Hall–Kier alpha value is -3.38. The molecule has 2 fully saturated rings. The highest BCUT2D eigenvalue weighted by molar-refractivity contribution is 5.97. The predicted octanol–water partition coefficient (Wildman–Crippen LogP) is -0.0744. The summed E-state index contributed by atoms with van der Waals surface area (Å²) in [4.78, 5) is 70.2. The highest BCUT2D eigenvalue weighted by atomic mass is 16.2. The van der Waals surface area contributed by atoms with Crippen LogP contribution in [0.5, 0.6) is 0 Å². The van der Waals surface area contributed by atoms with Crippen molar-refractivity contribution in [2.24, 2.45) is 28.3 Å². The number of amides is 5. The standard InChI is InChI=1S/C28H50N8O5/c1-5-19-24(39)34-21(16-18-10-7-6-8-11-18)23(38)31-15-13-28(4,36-22(37)17(2)3)26(41)35-20(25(40)33-19)12-9-14-32-27(29)30/h17-21H,5-16H2,1-4H3,(H,31,38)(H,33,40)(H,34,39)(H,35,41)(H,36,37)(H4,29,30,32)/t19-,20-,21+,28+/m0/s1. The molecule has 1 saturated heterocycles. The third kappa shape index (κ3) is 10.8. The average molecular weight is 579 g/mol. The van der Waals surface area contributed by atoms with Crippen LogP contribution in [-0.4, -0.2) is 72.2 Å². The van der Waals surface area contributed by atoms with Gasteiger partial charge in [-0.25, -0.2) is 0 Å². The second-order valence-corrected chi connectivity index (χ2v) is 11.8. The second-order valence-electron chi connectivity index (χ2n) is 11.8. The number of hydrogen-bond acceptors (Lipinski definition) is 6. The lowest BCUT2D eigenvalue weighted by molar-refractivity contribution is -0.138. The van der Waals surface area contributed by atoms with Crippen LogP contribution in [0.25, 0.3) is 0 Å². The summed E-state index contributed by atoms with van der Waals surface area (Å²) in [5, 5.41) is 14.1. The lowest BCUT2D eigenvalue weighted by atomic mass is 9.84. The summed E-state index contributed by atoms with van der Waals surface area (Å²) in [7, 11) is 0. The number of guanidine groups is 1. The maximum Gasteiger partial charge on any atom is 0.246 e. The van der Waals surface area contributed by atoms with Crippen molar-refractivity contribution in [3.63, 3.8) is 0 Å². The molecule has 9 N–H and O–H groups in total. The summed E-state index contributed by atoms with van der Waals surface area (Å²) >= 11 is 0. The molecule has 2 rings (SSSR count). The maximum atomic E-state index is 13.6. The van der Waals surface area contributed by atoms with Gasteiger partial charge in [-0.3, -0.25) is 29.0 Å². The lowest BCUT2D eigenvalue weighted by Crippen LogP contribution is -2.63. The molecule has 0 aromatic rings. The lowest BCUT2D eigenvalue weighted by Gasteiger charge is -2.34. The summed E-state index contributed by atoms with van der Waals surface area (Å²) in [6.45, 7) is 7.09. The minimum Gasteiger partial charge on any atom is -0.370 e. The van der Waals surface area contributed by atoms with Gasteiger partial charge in [-0.15, -0.1) is 0 Å². The van der Waals surface area contributed by atoms with Crippen LogP contribution in [0.3, 0.4) is 0 Å². The minimum absolute atomic E-state index is 0.0764. The van der Waals surface area contributed by atoms with Crippen molar-refractivity contribution >= 4 is 35.5 Å². The van der Waals surface area contributed by atoms with E-state index in [1.165, 1.54) is 6.42 Å². The van der Waals surface area contributed by atoms with Crippen molar-refractivity contribution in [3.8, 4) is 0 Å². The van der Waals surface area contributed by atoms with Crippen LogP contribution in [0.1, 0.15) is 91.9 Å². The molecule has 2 aliphatic rings. The molecule has 4 atom stereocenters. The van der Waals surface area contributed by atoms with E-state index in [1.807, 2.05) is 0 Å². The first-order chi connectivity index (χ1) is 19.4. The summed E-state index contributed by atoms with van der Waals surface area (Å²) in [6.07, 6.45) is 6.77. The molecule has 0 spiro atoms. The first kappa shape index (κ1) is 33.8. The first-order valence-corrected chi connectivity index (χ1v) is 14.9. The Kier molecular flexibility index (Phi) is 13.3. The van der Waals surface area contributed by atoms with Crippen LogP contribution in [0.15, 0.2) is 4.99 Å². The molecule has 0 aromatic heterocycles. The number of carbonyl (C=O) groups is 5. The Labute approximate surface area is 243 Å². The molecule has 5 amide bonds. The highest BCUT2D eigenvalue weighted by Gasteiger charge is 2.39. The van der Waals surface area contributed by atoms with E-state index in [1.54, 1.807) is 27.7 Å². The van der Waals surface area contributed by atoms with Gasteiger partial charge in [-0.2, -0.15) is 0 Å². The molecule has 0 bridgehead atoms. The molecule has 1 saturated carbocycles. The normalized spacial score (nSPS) is 27.1. The second kappa shape index (κ2) is 16.2. The van der Waals surface area contributed by atoms with Gasteiger partial charge in [0.2, 0.25) is 29.5 Å². The third-order valence-electron chi connectivity index (χ3n) is 7.88. The molecule has 1 heterocycles. The largest absolute Gasteiger partial charge is 0.370 e. The number of carbonyl (C=O) groups excluding carboxylic acids is 5. The van der Waals surface area contributed by atoms with E-state index in [0.29, 0.717) is 18.8 Å². The average Bonchev–Trinajstić information content (AvgIpc) is 2.92.